The molecule has 3 aromatic rings. The molecule has 1 nitrogen and oxygen atoms in total. The van der Waals surface area contributed by atoms with Gasteiger partial charge in [-0.15, -0.1) is 0 Å². The average Bonchev–Trinajstić information content (AvgIpc) is 2.88. The normalized spacial score (nSPS) is 27.4. The molecule has 2 saturated carbocycles. The van der Waals surface area contributed by atoms with Crippen molar-refractivity contribution in [3.05, 3.63) is 101 Å². The summed E-state index contributed by atoms with van der Waals surface area (Å²) in [5.41, 5.74) is 12.6. The topological polar surface area (TPSA) is 26.0 Å². The van der Waals surface area contributed by atoms with Crippen LogP contribution in [0.2, 0.25) is 0 Å². The highest BCUT2D eigenvalue weighted by Crippen LogP contribution is 2.48. The molecule has 0 saturated heterocycles. The van der Waals surface area contributed by atoms with E-state index in [9.17, 15) is 0 Å². The first kappa shape index (κ1) is 23.2. The molecule has 34 heavy (non-hydrogen) atoms. The fourth-order valence-corrected chi connectivity index (χ4v) is 6.76. The van der Waals surface area contributed by atoms with E-state index >= 15 is 0 Å². The molecule has 0 heterocycles. The van der Waals surface area contributed by atoms with E-state index in [1.807, 2.05) is 12.1 Å². The number of anilines is 1. The molecule has 178 valence electrons. The molecule has 0 unspecified atom stereocenters. The second kappa shape index (κ2) is 10.4. The Balaban J connectivity index is 1.31. The van der Waals surface area contributed by atoms with Gasteiger partial charge in [-0.25, -0.2) is 0 Å². The molecule has 1 heteroatoms. The summed E-state index contributed by atoms with van der Waals surface area (Å²) in [5.74, 6) is 2.86. The first-order valence-corrected chi connectivity index (χ1v) is 13.6. The minimum Gasteiger partial charge on any atom is -0.399 e. The molecule has 0 aliphatic heterocycles. The van der Waals surface area contributed by atoms with Gasteiger partial charge in [0.2, 0.25) is 0 Å². The van der Waals surface area contributed by atoms with Crippen LogP contribution in [0, 0.1) is 17.8 Å². The van der Waals surface area contributed by atoms with Gasteiger partial charge in [-0.3, -0.25) is 0 Å². The molecule has 0 spiro atoms. The standard InChI is InChI=1S/C33H41N/c1-25-7-9-26(10-8-25)24-29-19-21-33(22-20-29,30-5-3-2-4-6-30)31-15-11-27(12-16-31)23-28-13-17-32(34)18-14-28/h2-6,11-18,25-26,29H,7-10,19-24,34H2,1H3. The summed E-state index contributed by atoms with van der Waals surface area (Å²) in [7, 11) is 0. The van der Waals surface area contributed by atoms with Crippen molar-refractivity contribution in [2.24, 2.45) is 17.8 Å². The van der Waals surface area contributed by atoms with Crippen molar-refractivity contribution in [1.82, 2.24) is 0 Å². The highest BCUT2D eigenvalue weighted by atomic mass is 14.5. The third-order valence-corrected chi connectivity index (χ3v) is 8.98. The van der Waals surface area contributed by atoms with E-state index in [2.05, 4.69) is 73.7 Å². The molecule has 2 aliphatic rings. The molecule has 0 bridgehead atoms. The molecule has 0 aromatic heterocycles. The number of benzene rings is 3. The van der Waals surface area contributed by atoms with Crippen LogP contribution in [-0.2, 0) is 11.8 Å². The lowest BCUT2D eigenvalue weighted by molar-refractivity contribution is 0.192. The maximum atomic E-state index is 5.86. The molecule has 2 fully saturated rings. The van der Waals surface area contributed by atoms with E-state index in [0.717, 1.165) is 29.9 Å². The van der Waals surface area contributed by atoms with Gasteiger partial charge >= 0.3 is 0 Å². The molecule has 5 rings (SSSR count). The SMILES string of the molecule is CC1CCC(CC2CCC(c3ccccc3)(c3ccc(Cc4ccc(N)cc4)cc3)CC2)CC1. The van der Waals surface area contributed by atoms with Gasteiger partial charge in [-0.1, -0.05) is 99.3 Å². The first-order valence-electron chi connectivity index (χ1n) is 13.6. The summed E-state index contributed by atoms with van der Waals surface area (Å²) in [4.78, 5) is 0. The Morgan fingerprint density at radius 2 is 1.18 bits per heavy atom. The summed E-state index contributed by atoms with van der Waals surface area (Å²) in [6.45, 7) is 2.44. The van der Waals surface area contributed by atoms with Crippen LogP contribution < -0.4 is 5.73 Å². The van der Waals surface area contributed by atoms with Crippen molar-refractivity contribution in [2.75, 3.05) is 5.73 Å². The van der Waals surface area contributed by atoms with E-state index in [4.69, 9.17) is 5.73 Å². The zero-order chi connectivity index (χ0) is 23.4. The van der Waals surface area contributed by atoms with Gasteiger partial charge in [0.25, 0.3) is 0 Å². The molecular formula is C33H41N. The summed E-state index contributed by atoms with van der Waals surface area (Å²) >= 11 is 0. The third kappa shape index (κ3) is 5.24. The third-order valence-electron chi connectivity index (χ3n) is 8.98. The largest absolute Gasteiger partial charge is 0.399 e. The molecule has 2 aliphatic carbocycles. The fourth-order valence-electron chi connectivity index (χ4n) is 6.76. The number of rotatable bonds is 6. The lowest BCUT2D eigenvalue weighted by atomic mass is 9.61. The highest BCUT2D eigenvalue weighted by molar-refractivity contribution is 5.43. The Morgan fingerprint density at radius 3 is 1.79 bits per heavy atom. The second-order valence-electron chi connectivity index (χ2n) is 11.4. The number of hydrogen-bond acceptors (Lipinski definition) is 1. The van der Waals surface area contributed by atoms with Crippen LogP contribution in [0.15, 0.2) is 78.9 Å². The van der Waals surface area contributed by atoms with E-state index in [1.54, 1.807) is 0 Å². The van der Waals surface area contributed by atoms with Crippen LogP contribution in [0.1, 0.15) is 87.0 Å². The van der Waals surface area contributed by atoms with Gasteiger partial charge < -0.3 is 5.73 Å². The van der Waals surface area contributed by atoms with Gasteiger partial charge in [0.05, 0.1) is 0 Å². The van der Waals surface area contributed by atoms with E-state index in [-0.39, 0.29) is 5.41 Å². The van der Waals surface area contributed by atoms with Crippen LogP contribution in [-0.4, -0.2) is 0 Å². The predicted octanol–water partition coefficient (Wildman–Crippen LogP) is 8.55. The van der Waals surface area contributed by atoms with Gasteiger partial charge in [0.1, 0.15) is 0 Å². The van der Waals surface area contributed by atoms with Crippen LogP contribution >= 0.6 is 0 Å². The summed E-state index contributed by atoms with van der Waals surface area (Å²) < 4.78 is 0. The predicted molar refractivity (Wildman–Crippen MR) is 145 cm³/mol. The Labute approximate surface area is 206 Å². The molecule has 2 N–H and O–H groups in total. The van der Waals surface area contributed by atoms with E-state index < -0.39 is 0 Å². The van der Waals surface area contributed by atoms with Gasteiger partial charge in [0, 0.05) is 11.1 Å². The second-order valence-corrected chi connectivity index (χ2v) is 11.4. The van der Waals surface area contributed by atoms with Crippen molar-refractivity contribution < 1.29 is 0 Å². The quantitative estimate of drug-likeness (QED) is 0.373. The van der Waals surface area contributed by atoms with E-state index in [1.165, 1.54) is 80.0 Å². The summed E-state index contributed by atoms with van der Waals surface area (Å²) in [6.07, 6.45) is 13.6. The Morgan fingerprint density at radius 1 is 0.647 bits per heavy atom. The summed E-state index contributed by atoms with van der Waals surface area (Å²) in [5, 5.41) is 0. The van der Waals surface area contributed by atoms with Gasteiger partial charge in [0.15, 0.2) is 0 Å². The molecule has 0 radical (unpaired) electrons. The Hall–Kier alpha value is -2.54. The molecule has 0 amide bonds. The monoisotopic (exact) mass is 451 g/mol. The number of nitrogen functional groups attached to an aromatic ring is 1. The van der Waals surface area contributed by atoms with Crippen LogP contribution in [0.25, 0.3) is 0 Å². The maximum Gasteiger partial charge on any atom is 0.0314 e. The number of nitrogens with two attached hydrogens (primary N) is 1. The fraction of sp³-hybridized carbons (Fsp3) is 0.455. The van der Waals surface area contributed by atoms with Crippen molar-refractivity contribution in [2.45, 2.75) is 76.5 Å². The van der Waals surface area contributed by atoms with Crippen LogP contribution in [0.5, 0.6) is 0 Å². The van der Waals surface area contributed by atoms with Crippen molar-refractivity contribution in [3.63, 3.8) is 0 Å². The maximum absolute atomic E-state index is 5.86. The van der Waals surface area contributed by atoms with Crippen molar-refractivity contribution in [1.29, 1.82) is 0 Å². The van der Waals surface area contributed by atoms with Crippen molar-refractivity contribution >= 4 is 5.69 Å². The van der Waals surface area contributed by atoms with Crippen molar-refractivity contribution in [3.8, 4) is 0 Å². The van der Waals surface area contributed by atoms with Crippen LogP contribution in [0.3, 0.4) is 0 Å². The minimum absolute atomic E-state index is 0.165. The zero-order valence-corrected chi connectivity index (χ0v) is 20.9. The zero-order valence-electron chi connectivity index (χ0n) is 20.9. The Bertz CT molecular complexity index is 1020. The molecular weight excluding hydrogens is 410 g/mol. The Kier molecular flexibility index (Phi) is 7.09. The first-order chi connectivity index (χ1) is 16.6. The number of hydrogen-bond donors (Lipinski definition) is 1. The van der Waals surface area contributed by atoms with Gasteiger partial charge in [-0.05, 0) is 90.7 Å². The average molecular weight is 452 g/mol. The minimum atomic E-state index is 0.165. The molecule has 3 aromatic carbocycles. The summed E-state index contributed by atoms with van der Waals surface area (Å²) in [6, 6.07) is 29.2. The molecule has 0 atom stereocenters. The smallest absolute Gasteiger partial charge is 0.0314 e. The lowest BCUT2D eigenvalue weighted by Crippen LogP contribution is -2.33. The van der Waals surface area contributed by atoms with Crippen LogP contribution in [0.4, 0.5) is 5.69 Å². The highest BCUT2D eigenvalue weighted by Gasteiger charge is 2.38. The van der Waals surface area contributed by atoms with Gasteiger partial charge in [-0.2, -0.15) is 0 Å². The lowest BCUT2D eigenvalue weighted by Gasteiger charge is -2.42. The van der Waals surface area contributed by atoms with E-state index in [0.29, 0.717) is 0 Å².